The number of halogens is 1. The second-order valence-electron chi connectivity index (χ2n) is 5.36. The van der Waals surface area contributed by atoms with Crippen LogP contribution in [-0.2, 0) is 11.2 Å². The summed E-state index contributed by atoms with van der Waals surface area (Å²) in [5.74, 6) is -0.557. The molecule has 24 heavy (non-hydrogen) atoms. The van der Waals surface area contributed by atoms with E-state index in [0.717, 1.165) is 24.3 Å². The largest absolute Gasteiger partial charge is 0.342 e. The number of nitrogens with one attached hydrogen (secondary N) is 2. The average Bonchev–Trinajstić information content (AvgIpc) is 2.94. The van der Waals surface area contributed by atoms with E-state index in [1.165, 1.54) is 11.3 Å². The lowest BCUT2D eigenvalue weighted by atomic mass is 10.3. The zero-order valence-corrected chi connectivity index (χ0v) is 15.3. The first-order chi connectivity index (χ1) is 11.5. The molecule has 1 heterocycles. The van der Waals surface area contributed by atoms with Crippen LogP contribution < -0.4 is 10.6 Å². The van der Waals surface area contributed by atoms with Crippen LogP contribution in [0.25, 0.3) is 0 Å². The molecule has 0 saturated heterocycles. The van der Waals surface area contributed by atoms with E-state index in [0.29, 0.717) is 21.3 Å². The highest BCUT2D eigenvalue weighted by Crippen LogP contribution is 2.19. The van der Waals surface area contributed by atoms with Crippen molar-refractivity contribution in [3.63, 3.8) is 0 Å². The molecule has 0 aliphatic heterocycles. The van der Waals surface area contributed by atoms with Gasteiger partial charge >= 0.3 is 0 Å². The van der Waals surface area contributed by atoms with Crippen LogP contribution in [-0.4, -0.2) is 23.3 Å². The highest BCUT2D eigenvalue weighted by Gasteiger charge is 2.15. The van der Waals surface area contributed by atoms with Gasteiger partial charge in [0.05, 0.1) is 17.2 Å². The number of benzene rings is 1. The third-order valence-corrected chi connectivity index (χ3v) is 4.80. The monoisotopic (exact) mass is 365 g/mol. The summed E-state index contributed by atoms with van der Waals surface area (Å²) in [6.45, 7) is 3.84. The summed E-state index contributed by atoms with van der Waals surface area (Å²) in [6.07, 6.45) is 3.02. The van der Waals surface area contributed by atoms with E-state index < -0.39 is 0 Å². The number of nitrogens with zero attached hydrogens (tertiary/aromatic N) is 1. The predicted molar refractivity (Wildman–Crippen MR) is 97.9 cm³/mol. The van der Waals surface area contributed by atoms with Crippen molar-refractivity contribution >= 4 is 40.4 Å². The third-order valence-electron chi connectivity index (χ3n) is 3.33. The van der Waals surface area contributed by atoms with Gasteiger partial charge in [-0.2, -0.15) is 0 Å². The fraction of sp³-hybridized carbons (Fsp3) is 0.353. The minimum atomic E-state index is -0.293. The Balaban J connectivity index is 1.87. The van der Waals surface area contributed by atoms with Crippen LogP contribution in [0.4, 0.5) is 5.69 Å². The molecule has 2 amide bonds. The van der Waals surface area contributed by atoms with E-state index in [1.54, 1.807) is 24.3 Å². The molecule has 7 heteroatoms. The maximum Gasteiger partial charge on any atom is 0.263 e. The fourth-order valence-corrected chi connectivity index (χ4v) is 3.23. The van der Waals surface area contributed by atoms with Crippen molar-refractivity contribution in [2.45, 2.75) is 33.1 Å². The van der Waals surface area contributed by atoms with Crippen LogP contribution in [0.15, 0.2) is 24.3 Å². The summed E-state index contributed by atoms with van der Waals surface area (Å²) in [5.41, 5.74) is 1.34. The Labute approximate surface area is 150 Å². The maximum absolute atomic E-state index is 12.2. The number of hydrogen-bond donors (Lipinski definition) is 2. The molecule has 1 aromatic heterocycles. The van der Waals surface area contributed by atoms with Gasteiger partial charge in [0.1, 0.15) is 4.88 Å². The third kappa shape index (κ3) is 5.32. The summed E-state index contributed by atoms with van der Waals surface area (Å²) in [4.78, 5) is 29.1. The minimum absolute atomic E-state index is 0.0942. The SMILES string of the molecule is CCCCc1nc(C)c(C(=O)NCC(=O)Nc2ccc(Cl)cc2)s1. The first-order valence-corrected chi connectivity index (χ1v) is 8.99. The van der Waals surface area contributed by atoms with Gasteiger partial charge in [0.15, 0.2) is 0 Å². The van der Waals surface area contributed by atoms with Crippen LogP contribution in [0, 0.1) is 6.92 Å². The lowest BCUT2D eigenvalue weighted by Gasteiger charge is -2.06. The number of hydrogen-bond acceptors (Lipinski definition) is 4. The predicted octanol–water partition coefficient (Wildman–Crippen LogP) is 3.82. The van der Waals surface area contributed by atoms with Gasteiger partial charge in [0, 0.05) is 10.7 Å². The Hall–Kier alpha value is -1.92. The highest BCUT2D eigenvalue weighted by molar-refractivity contribution is 7.13. The molecule has 0 radical (unpaired) electrons. The van der Waals surface area contributed by atoms with Gasteiger partial charge in [0.2, 0.25) is 5.91 Å². The normalized spacial score (nSPS) is 10.5. The van der Waals surface area contributed by atoms with Gasteiger partial charge in [-0.25, -0.2) is 4.98 Å². The van der Waals surface area contributed by atoms with Gasteiger partial charge in [-0.3, -0.25) is 9.59 Å². The molecule has 5 nitrogen and oxygen atoms in total. The zero-order valence-electron chi connectivity index (χ0n) is 13.7. The number of thiazole rings is 1. The molecule has 2 N–H and O–H groups in total. The molecule has 0 atom stereocenters. The first-order valence-electron chi connectivity index (χ1n) is 7.79. The van der Waals surface area contributed by atoms with Gasteiger partial charge < -0.3 is 10.6 Å². The van der Waals surface area contributed by atoms with Gasteiger partial charge in [0.25, 0.3) is 5.91 Å². The summed E-state index contributed by atoms with van der Waals surface area (Å²) in [7, 11) is 0. The van der Waals surface area contributed by atoms with E-state index in [4.69, 9.17) is 11.6 Å². The number of rotatable bonds is 7. The molecular weight excluding hydrogens is 346 g/mol. The number of anilines is 1. The fourth-order valence-electron chi connectivity index (χ4n) is 2.08. The molecule has 128 valence electrons. The zero-order chi connectivity index (χ0) is 17.5. The van der Waals surface area contributed by atoms with Crippen LogP contribution in [0.1, 0.15) is 40.1 Å². The van der Waals surface area contributed by atoms with Gasteiger partial charge in [-0.15, -0.1) is 11.3 Å². The van der Waals surface area contributed by atoms with Crippen molar-refractivity contribution in [1.29, 1.82) is 0 Å². The van der Waals surface area contributed by atoms with E-state index >= 15 is 0 Å². The van der Waals surface area contributed by atoms with Crippen molar-refractivity contribution < 1.29 is 9.59 Å². The summed E-state index contributed by atoms with van der Waals surface area (Å²) < 4.78 is 0. The Morgan fingerprint density at radius 1 is 1.25 bits per heavy atom. The molecule has 0 unspecified atom stereocenters. The lowest BCUT2D eigenvalue weighted by Crippen LogP contribution is -2.32. The number of unbranched alkanes of at least 4 members (excludes halogenated alkanes) is 1. The number of amides is 2. The lowest BCUT2D eigenvalue weighted by molar-refractivity contribution is -0.115. The van der Waals surface area contributed by atoms with Crippen LogP contribution >= 0.6 is 22.9 Å². The highest BCUT2D eigenvalue weighted by atomic mass is 35.5. The molecule has 0 bridgehead atoms. The Morgan fingerprint density at radius 3 is 2.62 bits per heavy atom. The molecule has 2 rings (SSSR count). The van der Waals surface area contributed by atoms with E-state index in [9.17, 15) is 9.59 Å². The van der Waals surface area contributed by atoms with E-state index in [1.807, 2.05) is 6.92 Å². The maximum atomic E-state index is 12.2. The van der Waals surface area contributed by atoms with Crippen molar-refractivity contribution in [2.24, 2.45) is 0 Å². The van der Waals surface area contributed by atoms with Gasteiger partial charge in [-0.1, -0.05) is 24.9 Å². The Bertz CT molecular complexity index is 713. The topological polar surface area (TPSA) is 71.1 Å². The van der Waals surface area contributed by atoms with Crippen LogP contribution in [0.5, 0.6) is 0 Å². The smallest absolute Gasteiger partial charge is 0.263 e. The first kappa shape index (κ1) is 18.4. The van der Waals surface area contributed by atoms with Crippen molar-refractivity contribution in [2.75, 3.05) is 11.9 Å². The minimum Gasteiger partial charge on any atom is -0.342 e. The number of carbonyl (C=O) groups is 2. The van der Waals surface area contributed by atoms with Crippen LogP contribution in [0.2, 0.25) is 5.02 Å². The molecule has 1 aromatic carbocycles. The Kier molecular flexibility index (Phi) is 6.75. The quantitative estimate of drug-likeness (QED) is 0.783. The summed E-state index contributed by atoms with van der Waals surface area (Å²) in [6, 6.07) is 6.79. The number of carbonyl (C=O) groups excluding carboxylic acids is 2. The molecule has 0 aliphatic rings. The molecule has 0 spiro atoms. The number of aryl methyl sites for hydroxylation is 2. The van der Waals surface area contributed by atoms with Crippen molar-refractivity contribution in [1.82, 2.24) is 10.3 Å². The summed E-state index contributed by atoms with van der Waals surface area (Å²) in [5, 5.41) is 6.89. The second kappa shape index (κ2) is 8.80. The molecular formula is C17H20ClN3O2S. The molecule has 2 aromatic rings. The van der Waals surface area contributed by atoms with Crippen molar-refractivity contribution in [3.05, 3.63) is 44.9 Å². The molecule has 0 fully saturated rings. The molecule has 0 aliphatic carbocycles. The standard InChI is InChI=1S/C17H20ClN3O2S/c1-3-4-5-15-20-11(2)16(24-15)17(23)19-10-14(22)21-13-8-6-12(18)7-9-13/h6-9H,3-5,10H2,1-2H3,(H,19,23)(H,21,22). The Morgan fingerprint density at radius 2 is 1.96 bits per heavy atom. The second-order valence-corrected chi connectivity index (χ2v) is 6.88. The average molecular weight is 366 g/mol. The van der Waals surface area contributed by atoms with Crippen LogP contribution in [0.3, 0.4) is 0 Å². The molecule has 0 saturated carbocycles. The van der Waals surface area contributed by atoms with E-state index in [2.05, 4.69) is 22.5 Å². The summed E-state index contributed by atoms with van der Waals surface area (Å²) >= 11 is 7.19. The van der Waals surface area contributed by atoms with Crippen molar-refractivity contribution in [3.8, 4) is 0 Å². The van der Waals surface area contributed by atoms with Gasteiger partial charge in [-0.05, 0) is 44.0 Å². The number of aromatic nitrogens is 1. The van der Waals surface area contributed by atoms with E-state index in [-0.39, 0.29) is 18.4 Å².